The first-order chi connectivity index (χ1) is 10.1. The predicted octanol–water partition coefficient (Wildman–Crippen LogP) is 3.30. The second-order valence-corrected chi connectivity index (χ2v) is 4.32. The molecule has 1 aromatic heterocycles. The third-order valence-electron chi connectivity index (χ3n) is 2.67. The van der Waals surface area contributed by atoms with Gasteiger partial charge in [0.15, 0.2) is 0 Å². The molecule has 1 heterocycles. The number of alkyl halides is 3. The lowest BCUT2D eigenvalue weighted by molar-refractivity contribution is -0.159. The van der Waals surface area contributed by atoms with E-state index in [1.54, 1.807) is 0 Å². The lowest BCUT2D eigenvalue weighted by Crippen LogP contribution is -2.10. The van der Waals surface area contributed by atoms with Crippen molar-refractivity contribution in [2.45, 2.75) is 20.0 Å². The van der Waals surface area contributed by atoms with Gasteiger partial charge in [0.2, 0.25) is 11.7 Å². The highest BCUT2D eigenvalue weighted by atomic mass is 19.4. The number of hydrogen-bond donors (Lipinski definition) is 1. The number of aromatic nitrogens is 2. The Kier molecular flexibility index (Phi) is 3.86. The minimum absolute atomic E-state index is 0.147. The van der Waals surface area contributed by atoms with Crippen molar-refractivity contribution in [3.05, 3.63) is 29.2 Å². The molecule has 1 aromatic carbocycles. The number of nitrogens with one attached hydrogen (secondary N) is 1. The molecule has 0 aliphatic rings. The van der Waals surface area contributed by atoms with E-state index in [1.165, 1.54) is 6.92 Å². The van der Waals surface area contributed by atoms with Crippen LogP contribution in [0.5, 0.6) is 0 Å². The standard InChI is InChI=1S/C12H8F5N3O2/c1-4-7(18-5(2)21)3-6(13)8(9(4)14)10-19-11(22-20-10)12(15,16)17/h3H,1-2H3,(H,18,21). The van der Waals surface area contributed by atoms with E-state index in [2.05, 4.69) is 20.0 Å². The van der Waals surface area contributed by atoms with Crippen molar-refractivity contribution in [1.82, 2.24) is 10.1 Å². The molecule has 0 atom stereocenters. The van der Waals surface area contributed by atoms with Gasteiger partial charge in [0, 0.05) is 18.2 Å². The van der Waals surface area contributed by atoms with E-state index >= 15 is 0 Å². The van der Waals surface area contributed by atoms with Crippen molar-refractivity contribution in [3.63, 3.8) is 0 Å². The lowest BCUT2D eigenvalue weighted by Gasteiger charge is -2.10. The van der Waals surface area contributed by atoms with Crippen molar-refractivity contribution in [3.8, 4) is 11.4 Å². The fraction of sp³-hybridized carbons (Fsp3) is 0.250. The average molecular weight is 321 g/mol. The van der Waals surface area contributed by atoms with Crippen molar-refractivity contribution in [2.75, 3.05) is 5.32 Å². The first kappa shape index (κ1) is 15.9. The van der Waals surface area contributed by atoms with Crippen LogP contribution in [0.1, 0.15) is 18.4 Å². The van der Waals surface area contributed by atoms with E-state index in [0.717, 1.165) is 13.0 Å². The summed E-state index contributed by atoms with van der Waals surface area (Å²) in [7, 11) is 0. The first-order valence-corrected chi connectivity index (χ1v) is 5.78. The Morgan fingerprint density at radius 2 is 1.95 bits per heavy atom. The summed E-state index contributed by atoms with van der Waals surface area (Å²) in [6.07, 6.45) is -4.93. The number of nitrogens with zero attached hydrogens (tertiary/aromatic N) is 2. The van der Waals surface area contributed by atoms with Crippen LogP contribution in [0, 0.1) is 18.6 Å². The topological polar surface area (TPSA) is 68.0 Å². The highest BCUT2D eigenvalue weighted by Gasteiger charge is 2.39. The second kappa shape index (κ2) is 5.35. The maximum absolute atomic E-state index is 14.2. The van der Waals surface area contributed by atoms with Crippen LogP contribution in [-0.2, 0) is 11.0 Å². The summed E-state index contributed by atoms with van der Waals surface area (Å²) in [5.41, 5.74) is -1.19. The van der Waals surface area contributed by atoms with E-state index in [9.17, 15) is 26.7 Å². The molecule has 0 unspecified atom stereocenters. The van der Waals surface area contributed by atoms with E-state index in [-0.39, 0.29) is 11.3 Å². The molecule has 0 fully saturated rings. The van der Waals surface area contributed by atoms with Crippen LogP contribution in [0.3, 0.4) is 0 Å². The molecule has 0 spiro atoms. The molecule has 0 aliphatic heterocycles. The summed E-state index contributed by atoms with van der Waals surface area (Å²) in [5.74, 6) is -5.59. The number of hydrogen-bond acceptors (Lipinski definition) is 4. The van der Waals surface area contributed by atoms with Gasteiger partial charge in [-0.1, -0.05) is 5.16 Å². The van der Waals surface area contributed by atoms with E-state index in [1.807, 2.05) is 0 Å². The Hall–Kier alpha value is -2.52. The number of carbonyl (C=O) groups excluding carboxylic acids is 1. The van der Waals surface area contributed by atoms with Crippen molar-refractivity contribution >= 4 is 11.6 Å². The van der Waals surface area contributed by atoms with Crippen LogP contribution in [0.4, 0.5) is 27.6 Å². The zero-order valence-electron chi connectivity index (χ0n) is 11.2. The van der Waals surface area contributed by atoms with E-state index in [4.69, 9.17) is 0 Å². The summed E-state index contributed by atoms with van der Waals surface area (Å²) in [6.45, 7) is 2.35. The van der Waals surface area contributed by atoms with Crippen LogP contribution < -0.4 is 5.32 Å². The quantitative estimate of drug-likeness (QED) is 0.862. The fourth-order valence-electron chi connectivity index (χ4n) is 1.68. The van der Waals surface area contributed by atoms with E-state index in [0.29, 0.717) is 0 Å². The zero-order chi connectivity index (χ0) is 16.7. The van der Waals surface area contributed by atoms with Gasteiger partial charge in [-0.3, -0.25) is 4.79 Å². The Balaban J connectivity index is 2.55. The van der Waals surface area contributed by atoms with Gasteiger partial charge in [0.25, 0.3) is 0 Å². The third-order valence-corrected chi connectivity index (χ3v) is 2.67. The minimum Gasteiger partial charge on any atom is -0.329 e. The molecule has 2 rings (SSSR count). The summed E-state index contributed by atoms with van der Waals surface area (Å²) in [6, 6.07) is 0.763. The fourth-order valence-corrected chi connectivity index (χ4v) is 1.68. The summed E-state index contributed by atoms with van der Waals surface area (Å²) >= 11 is 0. The van der Waals surface area contributed by atoms with Crippen molar-refractivity contribution < 1.29 is 31.3 Å². The first-order valence-electron chi connectivity index (χ1n) is 5.78. The molecular weight excluding hydrogens is 313 g/mol. The predicted molar refractivity (Wildman–Crippen MR) is 63.7 cm³/mol. The van der Waals surface area contributed by atoms with Gasteiger partial charge >= 0.3 is 12.1 Å². The minimum atomic E-state index is -4.93. The summed E-state index contributed by atoms with van der Waals surface area (Å²) in [4.78, 5) is 13.9. The van der Waals surface area contributed by atoms with Crippen LogP contribution in [-0.4, -0.2) is 16.0 Å². The zero-order valence-corrected chi connectivity index (χ0v) is 11.2. The molecular formula is C12H8F5N3O2. The lowest BCUT2D eigenvalue weighted by atomic mass is 10.1. The molecule has 5 nitrogen and oxygen atoms in total. The number of carbonyl (C=O) groups is 1. The second-order valence-electron chi connectivity index (χ2n) is 4.32. The SMILES string of the molecule is CC(=O)Nc1cc(F)c(-c2noc(C(F)(F)F)n2)c(F)c1C. The van der Waals surface area contributed by atoms with Crippen LogP contribution in [0.2, 0.25) is 0 Å². The largest absolute Gasteiger partial charge is 0.471 e. The molecule has 1 N–H and O–H groups in total. The van der Waals surface area contributed by atoms with Crippen LogP contribution in [0.25, 0.3) is 11.4 Å². The molecule has 0 bridgehead atoms. The number of benzene rings is 1. The molecule has 0 aliphatic carbocycles. The Morgan fingerprint density at radius 3 is 2.45 bits per heavy atom. The van der Waals surface area contributed by atoms with Gasteiger partial charge in [-0.2, -0.15) is 18.2 Å². The van der Waals surface area contributed by atoms with Gasteiger partial charge < -0.3 is 9.84 Å². The van der Waals surface area contributed by atoms with Crippen molar-refractivity contribution in [2.24, 2.45) is 0 Å². The number of halogens is 5. The highest BCUT2D eigenvalue weighted by molar-refractivity contribution is 5.90. The Labute approximate surface area is 120 Å². The maximum Gasteiger partial charge on any atom is 0.471 e. The highest BCUT2D eigenvalue weighted by Crippen LogP contribution is 2.33. The van der Waals surface area contributed by atoms with Gasteiger partial charge in [-0.15, -0.1) is 0 Å². The van der Waals surface area contributed by atoms with E-state index < -0.39 is 41.0 Å². The molecule has 0 saturated carbocycles. The van der Waals surface area contributed by atoms with Gasteiger partial charge in [-0.25, -0.2) is 8.78 Å². The maximum atomic E-state index is 14.2. The smallest absolute Gasteiger partial charge is 0.329 e. The van der Waals surface area contributed by atoms with Gasteiger partial charge in [-0.05, 0) is 13.0 Å². The van der Waals surface area contributed by atoms with Crippen molar-refractivity contribution in [1.29, 1.82) is 0 Å². The molecule has 0 saturated heterocycles. The summed E-state index contributed by atoms with van der Waals surface area (Å²) < 4.78 is 69.2. The third kappa shape index (κ3) is 2.90. The number of amides is 1. The molecule has 22 heavy (non-hydrogen) atoms. The average Bonchev–Trinajstić information content (AvgIpc) is 2.84. The molecule has 2 aromatic rings. The molecule has 10 heteroatoms. The van der Waals surface area contributed by atoms with Crippen LogP contribution in [0.15, 0.2) is 10.6 Å². The van der Waals surface area contributed by atoms with Gasteiger partial charge in [0.1, 0.15) is 11.6 Å². The Morgan fingerprint density at radius 1 is 1.32 bits per heavy atom. The van der Waals surface area contributed by atoms with Gasteiger partial charge in [0.05, 0.1) is 5.56 Å². The molecule has 0 radical (unpaired) electrons. The summed E-state index contributed by atoms with van der Waals surface area (Å²) in [5, 5.41) is 5.13. The number of rotatable bonds is 2. The number of anilines is 1. The normalized spacial score (nSPS) is 11.6. The monoisotopic (exact) mass is 321 g/mol. The molecule has 118 valence electrons. The van der Waals surface area contributed by atoms with Crippen LogP contribution >= 0.6 is 0 Å². The Bertz CT molecular complexity index is 739. The molecule has 1 amide bonds.